The predicted molar refractivity (Wildman–Crippen MR) is 198 cm³/mol. The van der Waals surface area contributed by atoms with Crippen molar-refractivity contribution in [1.82, 2.24) is 24.8 Å². The Bertz CT molecular complexity index is 1810. The van der Waals surface area contributed by atoms with Crippen molar-refractivity contribution in [2.45, 2.75) is 81.3 Å². The van der Waals surface area contributed by atoms with Crippen LogP contribution in [0.3, 0.4) is 0 Å². The molecule has 1 saturated heterocycles. The van der Waals surface area contributed by atoms with Crippen LogP contribution in [0.1, 0.15) is 69.0 Å². The molecule has 3 heterocycles. The second-order valence-electron chi connectivity index (χ2n) is 12.9. The third kappa shape index (κ3) is 8.90. The van der Waals surface area contributed by atoms with Crippen molar-refractivity contribution in [3.05, 3.63) is 75.0 Å². The van der Waals surface area contributed by atoms with Crippen molar-refractivity contribution in [3.63, 3.8) is 0 Å². The highest BCUT2D eigenvalue weighted by atomic mass is 35.5. The van der Waals surface area contributed by atoms with Gasteiger partial charge in [0.2, 0.25) is 0 Å². The van der Waals surface area contributed by atoms with Crippen LogP contribution in [0.2, 0.25) is 5.02 Å². The molecule has 0 spiro atoms. The van der Waals surface area contributed by atoms with Crippen molar-refractivity contribution in [3.8, 4) is 16.9 Å². The van der Waals surface area contributed by atoms with Crippen LogP contribution in [0, 0.1) is 11.2 Å². The number of piperidine rings is 1. The maximum atomic E-state index is 15.3. The van der Waals surface area contributed by atoms with Gasteiger partial charge in [-0.1, -0.05) is 17.7 Å². The number of hydrogen-bond acceptors (Lipinski definition) is 7. The monoisotopic (exact) mass is 712 g/mol. The fraction of sp³-hybridized carbons (Fsp3) is 0.472. The number of amidine groups is 1. The number of aromatic nitrogens is 3. The van der Waals surface area contributed by atoms with Crippen LogP contribution in [-0.4, -0.2) is 69.9 Å². The number of benzene rings is 2. The van der Waals surface area contributed by atoms with E-state index in [0.29, 0.717) is 53.3 Å². The average Bonchev–Trinajstić information content (AvgIpc) is 3.50. The molecule has 13 heteroatoms. The molecule has 7 N–H and O–H groups in total. The van der Waals surface area contributed by atoms with Crippen molar-refractivity contribution in [2.75, 3.05) is 32.6 Å². The number of rotatable bonds is 15. The molecule has 1 aliphatic rings. The summed E-state index contributed by atoms with van der Waals surface area (Å²) in [7, 11) is 0. The second kappa shape index (κ2) is 17.1. The van der Waals surface area contributed by atoms with Gasteiger partial charge in [-0.3, -0.25) is 19.3 Å². The summed E-state index contributed by atoms with van der Waals surface area (Å²) in [4.78, 5) is 24.2. The van der Waals surface area contributed by atoms with Crippen LogP contribution in [-0.2, 0) is 6.42 Å². The number of H-pyrrole nitrogens is 1. The van der Waals surface area contributed by atoms with Crippen LogP contribution < -0.4 is 22.5 Å². The summed E-state index contributed by atoms with van der Waals surface area (Å²) in [6.07, 6.45) is 10.5. The lowest BCUT2D eigenvalue weighted by Gasteiger charge is -2.43. The molecule has 0 unspecified atom stereocenters. The number of hydrogen-bond donors (Lipinski definition) is 5. The van der Waals surface area contributed by atoms with Crippen LogP contribution in [0.15, 0.2) is 52.3 Å². The van der Waals surface area contributed by atoms with Gasteiger partial charge in [0.15, 0.2) is 5.82 Å². The van der Waals surface area contributed by atoms with Gasteiger partial charge >= 0.3 is 5.69 Å². The number of thioether (sulfide) groups is 1. The summed E-state index contributed by atoms with van der Waals surface area (Å²) < 4.78 is 30.2. The van der Waals surface area contributed by atoms with E-state index in [1.807, 2.05) is 25.3 Å². The van der Waals surface area contributed by atoms with E-state index in [9.17, 15) is 9.18 Å². The normalized spacial score (nSPS) is 17.4. The molecular weight excluding hydrogens is 666 g/mol. The van der Waals surface area contributed by atoms with E-state index >= 15 is 4.39 Å². The van der Waals surface area contributed by atoms with Crippen molar-refractivity contribution in [2.24, 2.45) is 11.5 Å². The first-order valence-electron chi connectivity index (χ1n) is 17.0. The van der Waals surface area contributed by atoms with Gasteiger partial charge in [0.25, 0.3) is 0 Å². The second-order valence-corrected chi connectivity index (χ2v) is 14.1. The fourth-order valence-corrected chi connectivity index (χ4v) is 7.80. The molecule has 0 aliphatic carbocycles. The first-order chi connectivity index (χ1) is 23.6. The average molecular weight is 713 g/mol. The van der Waals surface area contributed by atoms with Gasteiger partial charge in [0, 0.05) is 53.3 Å². The molecule has 0 saturated carbocycles. The zero-order valence-electron chi connectivity index (χ0n) is 28.2. The molecule has 0 amide bonds. The number of likely N-dealkylation sites (tertiary alicyclic amines) is 1. The highest BCUT2D eigenvalue weighted by molar-refractivity contribution is 7.98. The Morgan fingerprint density at radius 1 is 1.24 bits per heavy atom. The zero-order valence-corrected chi connectivity index (χ0v) is 29.8. The van der Waals surface area contributed by atoms with Gasteiger partial charge in [-0.15, -0.1) is 11.8 Å². The maximum Gasteiger partial charge on any atom is 0.354 e. The summed E-state index contributed by atoms with van der Waals surface area (Å²) in [5.41, 5.74) is 14.9. The lowest BCUT2D eigenvalue weighted by molar-refractivity contribution is 0.0727. The Morgan fingerprint density at radius 2 is 2.06 bits per heavy atom. The van der Waals surface area contributed by atoms with Crippen LogP contribution >= 0.6 is 23.4 Å². The summed E-state index contributed by atoms with van der Waals surface area (Å²) >= 11 is 7.91. The fourth-order valence-electron chi connectivity index (χ4n) is 6.88. The first-order valence-corrected chi connectivity index (χ1v) is 18.6. The summed E-state index contributed by atoms with van der Waals surface area (Å²) in [6.45, 7) is 3.05. The van der Waals surface area contributed by atoms with Crippen LogP contribution in [0.5, 0.6) is 0 Å². The number of aryl methyl sites for hydroxylation is 1. The van der Waals surface area contributed by atoms with Gasteiger partial charge in [0.05, 0.1) is 29.6 Å². The highest BCUT2D eigenvalue weighted by Crippen LogP contribution is 2.40. The van der Waals surface area contributed by atoms with E-state index in [1.54, 1.807) is 36.2 Å². The standard InChI is InChI=1S/C36H47ClF2N8OS/c1-22(41)6-3-7-23-16-28(34(39)29(37)17-23)30-18-24-21-47(36(48)45-35(24)44-30)26-10-11-27(32(19-26)49-2)31-9-4-8-25(46(31)15-5-13-38)12-14-43-33(42)20-40/h10-11,16-19,21-22,25,31H,3-9,12-15,20,40-41H2,1-2H3,(H2,42,43)(H,44,45,48)/t22-,25-,31-/m0/s1. The van der Waals surface area contributed by atoms with E-state index in [2.05, 4.69) is 26.3 Å². The number of aromatic amines is 1. The Labute approximate surface area is 295 Å². The molecule has 5 rings (SSSR count). The Morgan fingerprint density at radius 3 is 2.80 bits per heavy atom. The smallest absolute Gasteiger partial charge is 0.354 e. The molecule has 264 valence electrons. The number of fused-ring (bicyclic) bond motifs is 1. The number of nitrogens with two attached hydrogens (primary N) is 2. The van der Waals surface area contributed by atoms with E-state index in [-0.39, 0.29) is 36.4 Å². The summed E-state index contributed by atoms with van der Waals surface area (Å²) in [5.74, 6) is -0.215. The Hall–Kier alpha value is -3.29. The van der Waals surface area contributed by atoms with Crippen molar-refractivity contribution in [1.29, 1.82) is 5.41 Å². The molecule has 1 fully saturated rings. The largest absolute Gasteiger partial charge is 0.373 e. The van der Waals surface area contributed by atoms with Crippen molar-refractivity contribution < 1.29 is 8.78 Å². The molecule has 1 aliphatic heterocycles. The number of nitrogens with zero attached hydrogens (tertiary/aromatic N) is 3. The first kappa shape index (κ1) is 37.0. The zero-order chi connectivity index (χ0) is 35.1. The minimum Gasteiger partial charge on any atom is -0.373 e. The molecular formula is C36H47ClF2N8OS. The third-order valence-corrected chi connectivity index (χ3v) is 10.4. The number of alkyl halides is 1. The maximum absolute atomic E-state index is 15.3. The predicted octanol–water partition coefficient (Wildman–Crippen LogP) is 6.74. The lowest BCUT2D eigenvalue weighted by Crippen LogP contribution is -2.44. The lowest BCUT2D eigenvalue weighted by atomic mass is 9.89. The molecule has 2 aromatic carbocycles. The molecule has 9 nitrogen and oxygen atoms in total. The highest BCUT2D eigenvalue weighted by Gasteiger charge is 2.32. The minimum atomic E-state index is -0.531. The van der Waals surface area contributed by atoms with Gasteiger partial charge in [-0.2, -0.15) is 4.98 Å². The molecule has 49 heavy (non-hydrogen) atoms. The third-order valence-electron chi connectivity index (χ3n) is 9.32. The topological polar surface area (TPSA) is 142 Å². The summed E-state index contributed by atoms with van der Waals surface area (Å²) in [5, 5.41) is 11.6. The molecule has 0 radical (unpaired) electrons. The van der Waals surface area contributed by atoms with E-state index in [0.717, 1.165) is 61.0 Å². The summed E-state index contributed by atoms with van der Waals surface area (Å²) in [6, 6.07) is 11.7. The van der Waals surface area contributed by atoms with Crippen LogP contribution in [0.25, 0.3) is 28.0 Å². The molecule has 3 atom stereocenters. The quantitative estimate of drug-likeness (QED) is 0.0523. The molecule has 2 aromatic heterocycles. The van der Waals surface area contributed by atoms with E-state index < -0.39 is 11.5 Å². The SMILES string of the molecule is CSc1cc(-n2cc3cc(-c4cc(CCC[C@H](C)N)cc(Cl)c4F)[nH]c3nc2=O)ccc1[C@@H]1CCC[C@@H](CCNC(=N)CN)N1CCCF. The van der Waals surface area contributed by atoms with E-state index in [4.69, 9.17) is 28.5 Å². The molecule has 0 bridgehead atoms. The molecule has 4 aromatic rings. The van der Waals surface area contributed by atoms with Crippen LogP contribution in [0.4, 0.5) is 8.78 Å². The van der Waals surface area contributed by atoms with Crippen molar-refractivity contribution >= 4 is 40.2 Å². The Balaban J connectivity index is 1.43. The minimum absolute atomic E-state index is 0.0421. The van der Waals surface area contributed by atoms with Gasteiger partial charge in [-0.05, 0) is 106 Å². The Kier molecular flexibility index (Phi) is 12.9. The van der Waals surface area contributed by atoms with E-state index in [1.165, 1.54) is 4.57 Å². The number of nitrogens with one attached hydrogen (secondary N) is 3. The van der Waals surface area contributed by atoms with Gasteiger partial charge in [0.1, 0.15) is 11.5 Å². The number of halogens is 3. The van der Waals surface area contributed by atoms with Gasteiger partial charge in [-0.25, -0.2) is 9.18 Å². The van der Waals surface area contributed by atoms with Gasteiger partial charge < -0.3 is 21.8 Å².